The smallest absolute Gasteiger partial charge is 0.335 e. The van der Waals surface area contributed by atoms with Crippen molar-refractivity contribution in [2.75, 3.05) is 5.75 Å². The Morgan fingerprint density at radius 3 is 3.06 bits per heavy atom. The van der Waals surface area contributed by atoms with Crippen LogP contribution in [0, 0.1) is 12.3 Å². The lowest BCUT2D eigenvalue weighted by Crippen LogP contribution is -1.95. The van der Waals surface area contributed by atoms with Gasteiger partial charge in [-0.1, -0.05) is 17.7 Å². The fraction of sp³-hybridized carbons (Fsp3) is 0.167. The molecule has 0 saturated carbocycles. The molecule has 0 amide bonds. The maximum absolute atomic E-state index is 10.8. The fourth-order valence-electron chi connectivity index (χ4n) is 1.55. The third-order valence-corrected chi connectivity index (χ3v) is 3.31. The summed E-state index contributed by atoms with van der Waals surface area (Å²) in [4.78, 5) is 15.2. The van der Waals surface area contributed by atoms with Crippen LogP contribution in [-0.4, -0.2) is 26.4 Å². The van der Waals surface area contributed by atoms with E-state index < -0.39 is 5.97 Å². The Labute approximate surface area is 103 Å². The molecule has 1 aromatic carbocycles. The van der Waals surface area contributed by atoms with Gasteiger partial charge in [-0.2, -0.15) is 0 Å². The number of aromatic nitrogens is 2. The van der Waals surface area contributed by atoms with Gasteiger partial charge in [0.2, 0.25) is 0 Å². The van der Waals surface area contributed by atoms with Crippen molar-refractivity contribution in [2.24, 2.45) is 7.05 Å². The van der Waals surface area contributed by atoms with E-state index in [4.69, 9.17) is 11.5 Å². The minimum absolute atomic E-state index is 0.240. The number of imidazole rings is 1. The zero-order valence-electron chi connectivity index (χ0n) is 9.17. The number of hydrogen-bond acceptors (Lipinski definition) is 3. The highest BCUT2D eigenvalue weighted by Crippen LogP contribution is 2.23. The van der Waals surface area contributed by atoms with Crippen molar-refractivity contribution in [3.63, 3.8) is 0 Å². The largest absolute Gasteiger partial charge is 0.478 e. The van der Waals surface area contributed by atoms with Crippen LogP contribution in [0.25, 0.3) is 11.0 Å². The minimum Gasteiger partial charge on any atom is -0.478 e. The van der Waals surface area contributed by atoms with Crippen LogP contribution in [0.5, 0.6) is 0 Å². The van der Waals surface area contributed by atoms with Gasteiger partial charge < -0.3 is 9.67 Å². The molecule has 2 aromatic rings. The lowest BCUT2D eigenvalue weighted by atomic mass is 10.2. The molecule has 4 nitrogen and oxygen atoms in total. The van der Waals surface area contributed by atoms with Gasteiger partial charge in [-0.3, -0.25) is 0 Å². The van der Waals surface area contributed by atoms with E-state index in [1.165, 1.54) is 11.8 Å². The molecule has 1 aromatic heterocycles. The van der Waals surface area contributed by atoms with Crippen molar-refractivity contribution < 1.29 is 9.90 Å². The Bertz CT molecular complexity index is 625. The van der Waals surface area contributed by atoms with E-state index in [2.05, 4.69) is 10.9 Å². The molecule has 1 heterocycles. The van der Waals surface area contributed by atoms with Crippen molar-refractivity contribution in [3.8, 4) is 12.3 Å². The van der Waals surface area contributed by atoms with Crippen LogP contribution in [0.3, 0.4) is 0 Å². The predicted molar refractivity (Wildman–Crippen MR) is 67.2 cm³/mol. The Hall–Kier alpha value is -1.93. The summed E-state index contributed by atoms with van der Waals surface area (Å²) in [5.41, 5.74) is 1.81. The van der Waals surface area contributed by atoms with Gasteiger partial charge in [0, 0.05) is 7.05 Å². The summed E-state index contributed by atoms with van der Waals surface area (Å²) in [5.74, 6) is 2.13. The molecule has 0 fully saturated rings. The van der Waals surface area contributed by atoms with Crippen LogP contribution >= 0.6 is 11.8 Å². The second-order valence-electron chi connectivity index (χ2n) is 3.45. The number of aryl methyl sites for hydroxylation is 1. The number of rotatable bonds is 3. The molecule has 86 valence electrons. The SMILES string of the molecule is C#CCSc1nc2cc(C(=O)O)ccc2n1C. The second kappa shape index (κ2) is 4.52. The van der Waals surface area contributed by atoms with Gasteiger partial charge in [-0.15, -0.1) is 6.42 Å². The number of fused-ring (bicyclic) bond motifs is 1. The average molecular weight is 246 g/mol. The molecular formula is C12H10N2O2S. The van der Waals surface area contributed by atoms with Crippen LogP contribution in [0.2, 0.25) is 0 Å². The van der Waals surface area contributed by atoms with Gasteiger partial charge in [0.05, 0.1) is 22.3 Å². The molecule has 0 atom stereocenters. The van der Waals surface area contributed by atoms with Crippen molar-refractivity contribution in [3.05, 3.63) is 23.8 Å². The molecule has 0 unspecified atom stereocenters. The summed E-state index contributed by atoms with van der Waals surface area (Å²) in [6.07, 6.45) is 5.20. The summed E-state index contributed by atoms with van der Waals surface area (Å²) in [5, 5.41) is 9.69. The van der Waals surface area contributed by atoms with Crippen LogP contribution in [0.4, 0.5) is 0 Å². The molecule has 1 N–H and O–H groups in total. The van der Waals surface area contributed by atoms with Crippen LogP contribution in [0.1, 0.15) is 10.4 Å². The third kappa shape index (κ3) is 2.12. The first-order chi connectivity index (χ1) is 8.13. The highest BCUT2D eigenvalue weighted by molar-refractivity contribution is 7.99. The standard InChI is InChI=1S/C12H10N2O2S/c1-3-6-17-12-13-9-7-8(11(15)16)4-5-10(9)14(12)2/h1,4-5,7H,6H2,2H3,(H,15,16). The summed E-state index contributed by atoms with van der Waals surface area (Å²) < 4.78 is 1.91. The average Bonchev–Trinajstić information content (AvgIpc) is 2.63. The topological polar surface area (TPSA) is 55.1 Å². The van der Waals surface area contributed by atoms with E-state index in [1.807, 2.05) is 11.6 Å². The zero-order valence-corrected chi connectivity index (χ0v) is 9.99. The summed E-state index contributed by atoms with van der Waals surface area (Å²) in [6.45, 7) is 0. The summed E-state index contributed by atoms with van der Waals surface area (Å²) >= 11 is 1.46. The van der Waals surface area contributed by atoms with Gasteiger partial charge in [0.15, 0.2) is 5.16 Å². The van der Waals surface area contributed by atoms with Crippen molar-refractivity contribution >= 4 is 28.8 Å². The molecule has 0 bridgehead atoms. The fourth-order valence-corrected chi connectivity index (χ4v) is 2.21. The summed E-state index contributed by atoms with van der Waals surface area (Å²) in [6, 6.07) is 4.89. The number of thioether (sulfide) groups is 1. The lowest BCUT2D eigenvalue weighted by molar-refractivity contribution is 0.0697. The van der Waals surface area contributed by atoms with E-state index in [-0.39, 0.29) is 5.56 Å². The Morgan fingerprint density at radius 2 is 2.41 bits per heavy atom. The molecule has 5 heteroatoms. The van der Waals surface area contributed by atoms with Crippen molar-refractivity contribution in [1.82, 2.24) is 9.55 Å². The molecule has 0 aliphatic carbocycles. The number of carboxylic acids is 1. The first kappa shape index (κ1) is 11.6. The van der Waals surface area contributed by atoms with Crippen molar-refractivity contribution in [2.45, 2.75) is 5.16 Å². The van der Waals surface area contributed by atoms with E-state index in [1.54, 1.807) is 18.2 Å². The summed E-state index contributed by atoms with van der Waals surface area (Å²) in [7, 11) is 1.88. The van der Waals surface area contributed by atoms with Gasteiger partial charge in [-0.25, -0.2) is 9.78 Å². The first-order valence-corrected chi connectivity index (χ1v) is 5.88. The van der Waals surface area contributed by atoms with E-state index in [0.717, 1.165) is 10.7 Å². The quantitative estimate of drug-likeness (QED) is 0.664. The minimum atomic E-state index is -0.949. The molecule has 0 aliphatic rings. The number of benzene rings is 1. The van der Waals surface area contributed by atoms with Crippen LogP contribution < -0.4 is 0 Å². The number of carbonyl (C=O) groups is 1. The Morgan fingerprint density at radius 1 is 1.65 bits per heavy atom. The highest BCUT2D eigenvalue weighted by Gasteiger charge is 2.10. The Balaban J connectivity index is 2.50. The van der Waals surface area contributed by atoms with Gasteiger partial charge >= 0.3 is 5.97 Å². The van der Waals surface area contributed by atoms with Gasteiger partial charge in [0.25, 0.3) is 0 Å². The van der Waals surface area contributed by atoms with Crippen LogP contribution in [-0.2, 0) is 7.05 Å². The zero-order chi connectivity index (χ0) is 12.4. The second-order valence-corrected chi connectivity index (χ2v) is 4.40. The molecule has 0 spiro atoms. The Kier molecular flexibility index (Phi) is 3.07. The predicted octanol–water partition coefficient (Wildman–Crippen LogP) is 2.00. The number of carboxylic acid groups (broad SMARTS) is 1. The molecular weight excluding hydrogens is 236 g/mol. The van der Waals surface area contributed by atoms with Crippen LogP contribution in [0.15, 0.2) is 23.4 Å². The maximum atomic E-state index is 10.8. The third-order valence-electron chi connectivity index (χ3n) is 2.37. The molecule has 0 aliphatic heterocycles. The van der Waals surface area contributed by atoms with Gasteiger partial charge in [-0.05, 0) is 18.2 Å². The monoisotopic (exact) mass is 246 g/mol. The number of hydrogen-bond donors (Lipinski definition) is 1. The van der Waals surface area contributed by atoms with E-state index in [9.17, 15) is 4.79 Å². The number of aromatic carboxylic acids is 1. The molecule has 0 saturated heterocycles. The maximum Gasteiger partial charge on any atom is 0.335 e. The molecule has 2 rings (SSSR count). The first-order valence-electron chi connectivity index (χ1n) is 4.89. The van der Waals surface area contributed by atoms with Gasteiger partial charge in [0.1, 0.15) is 0 Å². The molecule has 17 heavy (non-hydrogen) atoms. The van der Waals surface area contributed by atoms with Crippen molar-refractivity contribution in [1.29, 1.82) is 0 Å². The lowest BCUT2D eigenvalue weighted by Gasteiger charge is -1.98. The highest BCUT2D eigenvalue weighted by atomic mass is 32.2. The number of terminal acetylenes is 1. The van der Waals surface area contributed by atoms with E-state index in [0.29, 0.717) is 11.3 Å². The molecule has 0 radical (unpaired) electrons. The number of nitrogens with zero attached hydrogens (tertiary/aromatic N) is 2. The normalized spacial score (nSPS) is 10.4. The van der Waals surface area contributed by atoms with E-state index >= 15 is 0 Å².